The molecule has 8 heteroatoms. The maximum atomic E-state index is 12.1. The van der Waals surface area contributed by atoms with Crippen LogP contribution in [0, 0.1) is 6.92 Å². The summed E-state index contributed by atoms with van der Waals surface area (Å²) in [5.41, 5.74) is 0.389. The van der Waals surface area contributed by atoms with Crippen LogP contribution < -0.4 is 4.72 Å². The summed E-state index contributed by atoms with van der Waals surface area (Å²) < 4.78 is 26.4. The molecule has 0 saturated carbocycles. The number of aliphatic hydroxyl groups excluding tert-OH is 1. The molecule has 0 aliphatic carbocycles. The van der Waals surface area contributed by atoms with E-state index < -0.39 is 22.1 Å². The van der Waals surface area contributed by atoms with Crippen LogP contribution in [0.15, 0.2) is 10.3 Å². The number of sulfonamides is 1. The molecular weight excluding hydrogens is 290 g/mol. The third kappa shape index (κ3) is 4.00. The van der Waals surface area contributed by atoms with Crippen LogP contribution in [0.25, 0.3) is 0 Å². The standard InChI is InChI=1S/C11H17NO5S2/c1-3-4-8(13)5-12-19(16,17)10-7(2)6-18-9(10)11(14)15/h6,8,12-13H,3-5H2,1-2H3,(H,14,15). The molecule has 1 aromatic rings. The Balaban J connectivity index is 2.95. The molecule has 0 bridgehead atoms. The fraction of sp³-hybridized carbons (Fsp3) is 0.545. The zero-order valence-corrected chi connectivity index (χ0v) is 12.3. The van der Waals surface area contributed by atoms with E-state index in [2.05, 4.69) is 4.72 Å². The lowest BCUT2D eigenvalue weighted by molar-refractivity contribution is 0.0698. The molecule has 0 amide bonds. The molecule has 0 saturated heterocycles. The first-order valence-corrected chi connectivity index (χ1v) is 8.15. The summed E-state index contributed by atoms with van der Waals surface area (Å²) in [5.74, 6) is -1.27. The number of rotatable bonds is 7. The molecule has 108 valence electrons. The van der Waals surface area contributed by atoms with E-state index in [0.717, 1.165) is 17.8 Å². The zero-order chi connectivity index (χ0) is 14.6. The summed E-state index contributed by atoms with van der Waals surface area (Å²) >= 11 is 0.874. The highest BCUT2D eigenvalue weighted by atomic mass is 32.2. The van der Waals surface area contributed by atoms with Crippen molar-refractivity contribution in [3.05, 3.63) is 15.8 Å². The first-order chi connectivity index (χ1) is 8.79. The van der Waals surface area contributed by atoms with Gasteiger partial charge in [0.25, 0.3) is 0 Å². The van der Waals surface area contributed by atoms with Crippen LogP contribution in [0.5, 0.6) is 0 Å². The molecule has 1 unspecified atom stereocenters. The van der Waals surface area contributed by atoms with Gasteiger partial charge in [0.05, 0.1) is 6.10 Å². The number of aromatic carboxylic acids is 1. The lowest BCUT2D eigenvalue weighted by atomic mass is 10.2. The molecule has 3 N–H and O–H groups in total. The summed E-state index contributed by atoms with van der Waals surface area (Å²) in [6.45, 7) is 3.30. The van der Waals surface area contributed by atoms with Crippen molar-refractivity contribution in [2.24, 2.45) is 0 Å². The number of thiophene rings is 1. The average molecular weight is 307 g/mol. The zero-order valence-electron chi connectivity index (χ0n) is 10.7. The van der Waals surface area contributed by atoms with Crippen molar-refractivity contribution in [2.75, 3.05) is 6.54 Å². The van der Waals surface area contributed by atoms with Crippen LogP contribution in [0.4, 0.5) is 0 Å². The number of carboxylic acids is 1. The monoisotopic (exact) mass is 307 g/mol. The number of hydrogen-bond acceptors (Lipinski definition) is 5. The molecule has 1 atom stereocenters. The van der Waals surface area contributed by atoms with Gasteiger partial charge in [-0.1, -0.05) is 13.3 Å². The van der Waals surface area contributed by atoms with Crippen LogP contribution in [0.1, 0.15) is 35.0 Å². The quantitative estimate of drug-likeness (QED) is 0.702. The minimum absolute atomic E-state index is 0.121. The second kappa shape index (κ2) is 6.47. The molecule has 0 fully saturated rings. The van der Waals surface area contributed by atoms with Crippen molar-refractivity contribution in [1.82, 2.24) is 4.72 Å². The average Bonchev–Trinajstić information content (AvgIpc) is 2.70. The molecule has 0 aliphatic heterocycles. The van der Waals surface area contributed by atoms with E-state index in [1.54, 1.807) is 6.92 Å². The fourth-order valence-electron chi connectivity index (χ4n) is 1.63. The number of aliphatic hydroxyl groups is 1. The third-order valence-corrected chi connectivity index (χ3v) is 5.34. The van der Waals surface area contributed by atoms with Crippen LogP contribution in [0.3, 0.4) is 0 Å². The predicted octanol–water partition coefficient (Wildman–Crippen LogP) is 1.19. The molecule has 0 radical (unpaired) electrons. The highest BCUT2D eigenvalue weighted by Crippen LogP contribution is 2.26. The second-order valence-corrected chi connectivity index (χ2v) is 6.76. The van der Waals surface area contributed by atoms with E-state index in [1.807, 2.05) is 6.92 Å². The maximum absolute atomic E-state index is 12.1. The lowest BCUT2D eigenvalue weighted by Gasteiger charge is -2.11. The Morgan fingerprint density at radius 1 is 1.53 bits per heavy atom. The van der Waals surface area contributed by atoms with Gasteiger partial charge in [0.15, 0.2) is 0 Å². The highest BCUT2D eigenvalue weighted by Gasteiger charge is 2.26. The van der Waals surface area contributed by atoms with Crippen molar-refractivity contribution >= 4 is 27.3 Å². The van der Waals surface area contributed by atoms with Crippen molar-refractivity contribution in [1.29, 1.82) is 0 Å². The van der Waals surface area contributed by atoms with E-state index in [0.29, 0.717) is 12.0 Å². The number of hydrogen-bond donors (Lipinski definition) is 3. The lowest BCUT2D eigenvalue weighted by Crippen LogP contribution is -2.32. The number of carboxylic acid groups (broad SMARTS) is 1. The minimum Gasteiger partial charge on any atom is -0.477 e. The van der Waals surface area contributed by atoms with E-state index in [1.165, 1.54) is 5.38 Å². The van der Waals surface area contributed by atoms with E-state index in [4.69, 9.17) is 5.11 Å². The molecule has 19 heavy (non-hydrogen) atoms. The first-order valence-electron chi connectivity index (χ1n) is 5.78. The van der Waals surface area contributed by atoms with Gasteiger partial charge in [-0.3, -0.25) is 0 Å². The minimum atomic E-state index is -3.92. The summed E-state index contributed by atoms with van der Waals surface area (Å²) in [6, 6.07) is 0. The van der Waals surface area contributed by atoms with E-state index >= 15 is 0 Å². The first kappa shape index (κ1) is 16.1. The Hall–Kier alpha value is -0.960. The molecule has 1 rings (SSSR count). The van der Waals surface area contributed by atoms with Gasteiger partial charge in [-0.2, -0.15) is 0 Å². The molecule has 6 nitrogen and oxygen atoms in total. The van der Waals surface area contributed by atoms with Gasteiger partial charge < -0.3 is 10.2 Å². The topological polar surface area (TPSA) is 104 Å². The molecule has 0 aliphatic rings. The Morgan fingerprint density at radius 2 is 2.16 bits per heavy atom. The van der Waals surface area contributed by atoms with Gasteiger partial charge in [-0.05, 0) is 24.3 Å². The molecule has 1 aromatic heterocycles. The Labute approximate surface area is 116 Å². The van der Waals surface area contributed by atoms with Crippen LogP contribution in [-0.2, 0) is 10.0 Å². The Kier molecular flexibility index (Phi) is 5.48. The molecule has 1 heterocycles. The van der Waals surface area contributed by atoms with Gasteiger partial charge in [0, 0.05) is 6.54 Å². The predicted molar refractivity (Wildman–Crippen MR) is 72.1 cm³/mol. The fourth-order valence-corrected chi connectivity index (χ4v) is 4.33. The normalized spacial score (nSPS) is 13.4. The van der Waals surface area contributed by atoms with Crippen LogP contribution in [-0.4, -0.2) is 37.2 Å². The van der Waals surface area contributed by atoms with Gasteiger partial charge in [-0.25, -0.2) is 17.9 Å². The molecule has 0 spiro atoms. The van der Waals surface area contributed by atoms with Crippen molar-refractivity contribution in [3.8, 4) is 0 Å². The number of nitrogens with one attached hydrogen (secondary N) is 1. The third-order valence-electron chi connectivity index (χ3n) is 2.51. The van der Waals surface area contributed by atoms with E-state index in [-0.39, 0.29) is 16.3 Å². The highest BCUT2D eigenvalue weighted by molar-refractivity contribution is 7.89. The summed E-state index contributed by atoms with van der Waals surface area (Å²) in [4.78, 5) is 10.6. The Morgan fingerprint density at radius 3 is 2.68 bits per heavy atom. The summed E-state index contributed by atoms with van der Waals surface area (Å²) in [7, 11) is -3.92. The number of aryl methyl sites for hydroxylation is 1. The van der Waals surface area contributed by atoms with Crippen LogP contribution in [0.2, 0.25) is 0 Å². The van der Waals surface area contributed by atoms with Crippen molar-refractivity contribution < 1.29 is 23.4 Å². The largest absolute Gasteiger partial charge is 0.477 e. The molecule has 0 aromatic carbocycles. The van der Waals surface area contributed by atoms with E-state index in [9.17, 15) is 18.3 Å². The van der Waals surface area contributed by atoms with Crippen molar-refractivity contribution in [3.63, 3.8) is 0 Å². The SMILES string of the molecule is CCCC(O)CNS(=O)(=O)c1c(C)csc1C(=O)O. The maximum Gasteiger partial charge on any atom is 0.347 e. The summed E-state index contributed by atoms with van der Waals surface area (Å²) in [5, 5.41) is 20.0. The summed E-state index contributed by atoms with van der Waals surface area (Å²) in [6.07, 6.45) is 0.449. The van der Waals surface area contributed by atoms with Gasteiger partial charge in [0.2, 0.25) is 10.0 Å². The number of carbonyl (C=O) groups is 1. The van der Waals surface area contributed by atoms with Crippen molar-refractivity contribution in [2.45, 2.75) is 37.7 Å². The van der Waals surface area contributed by atoms with Gasteiger partial charge in [-0.15, -0.1) is 11.3 Å². The smallest absolute Gasteiger partial charge is 0.347 e. The molecular formula is C11H17NO5S2. The Bertz CT molecular complexity index is 549. The van der Waals surface area contributed by atoms with Gasteiger partial charge >= 0.3 is 5.97 Å². The van der Waals surface area contributed by atoms with Gasteiger partial charge in [0.1, 0.15) is 9.77 Å². The van der Waals surface area contributed by atoms with Crippen LogP contribution >= 0.6 is 11.3 Å². The second-order valence-electron chi connectivity index (χ2n) is 4.18.